The second-order valence-electron chi connectivity index (χ2n) is 3.90. The Morgan fingerprint density at radius 3 is 2.05 bits per heavy atom. The first kappa shape index (κ1) is 15.8. The summed E-state index contributed by atoms with van der Waals surface area (Å²) < 4.78 is 64.1. The Balaban J connectivity index is 3.08. The van der Waals surface area contributed by atoms with E-state index >= 15 is 0 Å². The smallest absolute Gasteiger partial charge is 0.319 e. The van der Waals surface area contributed by atoms with E-state index in [0.717, 1.165) is 12.1 Å². The van der Waals surface area contributed by atoms with Gasteiger partial charge in [-0.3, -0.25) is 4.79 Å². The number of amides is 1. The highest BCUT2D eigenvalue weighted by molar-refractivity contribution is 9.10. The van der Waals surface area contributed by atoms with E-state index < -0.39 is 34.9 Å². The number of hydrogen-bond donors (Lipinski definition) is 2. The molecule has 1 amide bonds. The van der Waals surface area contributed by atoms with Gasteiger partial charge < -0.3 is 11.1 Å². The van der Waals surface area contributed by atoms with E-state index in [1.165, 1.54) is 5.32 Å². The van der Waals surface area contributed by atoms with Crippen LogP contribution in [0, 0.1) is 11.6 Å². The molecule has 19 heavy (non-hydrogen) atoms. The quantitative estimate of drug-likeness (QED) is 0.809. The molecule has 3 nitrogen and oxygen atoms in total. The molecule has 1 unspecified atom stereocenters. The molecule has 3 N–H and O–H groups in total. The van der Waals surface area contributed by atoms with Gasteiger partial charge in [0.2, 0.25) is 0 Å². The maximum Gasteiger partial charge on any atom is 0.415 e. The number of anilines is 1. The SMILES string of the molecule is CC(N)(C(=O)Nc1c(F)cc(Br)cc1F)C(F)(F)F. The van der Waals surface area contributed by atoms with Crippen LogP contribution in [0.1, 0.15) is 6.92 Å². The molecule has 0 saturated carbocycles. The number of nitrogens with one attached hydrogen (secondary N) is 1. The van der Waals surface area contributed by atoms with E-state index in [1.54, 1.807) is 0 Å². The van der Waals surface area contributed by atoms with Crippen molar-refractivity contribution in [2.45, 2.75) is 18.6 Å². The molecule has 0 heterocycles. The summed E-state index contributed by atoms with van der Waals surface area (Å²) >= 11 is 2.79. The molecule has 0 spiro atoms. The molecule has 0 fully saturated rings. The van der Waals surface area contributed by atoms with Crippen LogP contribution in [0.25, 0.3) is 0 Å². The van der Waals surface area contributed by atoms with Gasteiger partial charge in [-0.05, 0) is 19.1 Å². The van der Waals surface area contributed by atoms with Crippen molar-refractivity contribution in [2.75, 3.05) is 5.32 Å². The Bertz CT molecular complexity index is 492. The van der Waals surface area contributed by atoms with Crippen LogP contribution in [0.15, 0.2) is 16.6 Å². The molecule has 0 aliphatic heterocycles. The predicted octanol–water partition coefficient (Wildman–Crippen LogP) is 2.95. The summed E-state index contributed by atoms with van der Waals surface area (Å²) in [7, 11) is 0. The lowest BCUT2D eigenvalue weighted by molar-refractivity contribution is -0.184. The summed E-state index contributed by atoms with van der Waals surface area (Å²) in [5.41, 5.74) is 0.568. The third-order valence-corrected chi connectivity index (χ3v) is 2.76. The first-order valence-corrected chi connectivity index (χ1v) is 5.57. The summed E-state index contributed by atoms with van der Waals surface area (Å²) in [5, 5.41) is 1.50. The van der Waals surface area contributed by atoms with Gasteiger partial charge in [0.1, 0.15) is 5.69 Å². The van der Waals surface area contributed by atoms with Crippen molar-refractivity contribution >= 4 is 27.5 Å². The number of rotatable bonds is 2. The van der Waals surface area contributed by atoms with Crippen molar-refractivity contribution in [3.8, 4) is 0 Å². The third kappa shape index (κ3) is 3.21. The average molecular weight is 347 g/mol. The number of halogens is 6. The Morgan fingerprint density at radius 1 is 1.26 bits per heavy atom. The van der Waals surface area contributed by atoms with Crippen LogP contribution in [-0.4, -0.2) is 17.6 Å². The number of nitrogens with two attached hydrogens (primary N) is 1. The highest BCUT2D eigenvalue weighted by Gasteiger charge is 2.54. The first-order chi connectivity index (χ1) is 8.46. The molecular formula is C10H8BrF5N2O. The van der Waals surface area contributed by atoms with Crippen LogP contribution in [0.2, 0.25) is 0 Å². The normalized spacial score (nSPS) is 14.9. The minimum atomic E-state index is -5.06. The lowest BCUT2D eigenvalue weighted by Crippen LogP contribution is -2.59. The van der Waals surface area contributed by atoms with Crippen LogP contribution in [-0.2, 0) is 4.79 Å². The van der Waals surface area contributed by atoms with E-state index in [0.29, 0.717) is 6.92 Å². The van der Waals surface area contributed by atoms with Crippen LogP contribution in [0.4, 0.5) is 27.6 Å². The summed E-state index contributed by atoms with van der Waals surface area (Å²) in [6.45, 7) is 0.400. The highest BCUT2D eigenvalue weighted by atomic mass is 79.9. The van der Waals surface area contributed by atoms with E-state index in [1.807, 2.05) is 0 Å². The molecular weight excluding hydrogens is 339 g/mol. The molecule has 0 bridgehead atoms. The molecule has 1 aromatic rings. The fourth-order valence-corrected chi connectivity index (χ4v) is 1.44. The Hall–Kier alpha value is -1.22. The third-order valence-electron chi connectivity index (χ3n) is 2.31. The molecule has 1 aromatic carbocycles. The van der Waals surface area contributed by atoms with E-state index in [9.17, 15) is 26.7 Å². The lowest BCUT2D eigenvalue weighted by atomic mass is 10.0. The average Bonchev–Trinajstić information content (AvgIpc) is 2.21. The zero-order valence-corrected chi connectivity index (χ0v) is 11.0. The number of benzene rings is 1. The van der Waals surface area contributed by atoms with E-state index in [2.05, 4.69) is 15.9 Å². The summed E-state index contributed by atoms with van der Waals surface area (Å²) in [4.78, 5) is 11.4. The van der Waals surface area contributed by atoms with Crippen LogP contribution >= 0.6 is 15.9 Å². The number of carbonyl (C=O) groups excluding carboxylic acids is 1. The molecule has 1 atom stereocenters. The van der Waals surface area contributed by atoms with Gasteiger partial charge in [-0.2, -0.15) is 13.2 Å². The standard InChI is InChI=1S/C10H8BrF5N2O/c1-9(17,10(14,15)16)8(19)18-7-5(12)2-4(11)3-6(7)13/h2-3H,17H2,1H3,(H,18,19). The van der Waals surface area contributed by atoms with Gasteiger partial charge in [0.05, 0.1) is 0 Å². The second kappa shape index (κ2) is 5.04. The van der Waals surface area contributed by atoms with Crippen molar-refractivity contribution in [1.82, 2.24) is 0 Å². The first-order valence-electron chi connectivity index (χ1n) is 4.78. The summed E-state index contributed by atoms with van der Waals surface area (Å²) in [6, 6.07) is 1.58. The lowest BCUT2D eigenvalue weighted by Gasteiger charge is -2.26. The second-order valence-corrected chi connectivity index (χ2v) is 4.81. The van der Waals surface area contributed by atoms with Crippen molar-refractivity contribution in [3.05, 3.63) is 28.2 Å². The fourth-order valence-electron chi connectivity index (χ4n) is 1.03. The number of hydrogen-bond acceptors (Lipinski definition) is 2. The summed E-state index contributed by atoms with van der Waals surface area (Å²) in [6.07, 6.45) is -5.06. The van der Waals surface area contributed by atoms with E-state index in [4.69, 9.17) is 5.73 Å². The largest absolute Gasteiger partial charge is 0.415 e. The van der Waals surface area contributed by atoms with Gasteiger partial charge in [-0.1, -0.05) is 15.9 Å². The Morgan fingerprint density at radius 2 is 1.68 bits per heavy atom. The monoisotopic (exact) mass is 346 g/mol. The molecule has 1 rings (SSSR count). The molecule has 106 valence electrons. The molecule has 0 saturated heterocycles. The Labute approximate surface area is 113 Å². The minimum absolute atomic E-state index is 0.0341. The van der Waals surface area contributed by atoms with Crippen molar-refractivity contribution in [1.29, 1.82) is 0 Å². The van der Waals surface area contributed by atoms with Gasteiger partial charge in [0.25, 0.3) is 5.91 Å². The van der Waals surface area contributed by atoms with Crippen LogP contribution in [0.3, 0.4) is 0 Å². The minimum Gasteiger partial charge on any atom is -0.319 e. The molecule has 0 aromatic heterocycles. The molecule has 0 aliphatic rings. The van der Waals surface area contributed by atoms with Gasteiger partial charge >= 0.3 is 6.18 Å². The maximum atomic E-state index is 13.3. The van der Waals surface area contributed by atoms with Gasteiger partial charge in [0.15, 0.2) is 17.2 Å². The topological polar surface area (TPSA) is 55.1 Å². The number of alkyl halides is 3. The molecule has 9 heteroatoms. The van der Waals surface area contributed by atoms with Gasteiger partial charge in [-0.15, -0.1) is 0 Å². The predicted molar refractivity (Wildman–Crippen MR) is 61.3 cm³/mol. The van der Waals surface area contributed by atoms with Crippen molar-refractivity contribution < 1.29 is 26.7 Å². The van der Waals surface area contributed by atoms with Crippen molar-refractivity contribution in [2.24, 2.45) is 5.73 Å². The van der Waals surface area contributed by atoms with Crippen molar-refractivity contribution in [3.63, 3.8) is 0 Å². The zero-order chi connectivity index (χ0) is 15.0. The maximum absolute atomic E-state index is 13.3. The fraction of sp³-hybridized carbons (Fsp3) is 0.300. The highest BCUT2D eigenvalue weighted by Crippen LogP contribution is 2.30. The molecule has 0 radical (unpaired) electrons. The number of carbonyl (C=O) groups is 1. The van der Waals surface area contributed by atoms with Gasteiger partial charge in [0, 0.05) is 4.47 Å². The summed E-state index contributed by atoms with van der Waals surface area (Å²) in [5.74, 6) is -4.21. The molecule has 0 aliphatic carbocycles. The van der Waals surface area contributed by atoms with Crippen LogP contribution < -0.4 is 11.1 Å². The van der Waals surface area contributed by atoms with Gasteiger partial charge in [-0.25, -0.2) is 8.78 Å². The zero-order valence-electron chi connectivity index (χ0n) is 9.41. The van der Waals surface area contributed by atoms with E-state index in [-0.39, 0.29) is 4.47 Å². The Kier molecular flexibility index (Phi) is 4.20. The van der Waals surface area contributed by atoms with Crippen LogP contribution in [0.5, 0.6) is 0 Å².